The summed E-state index contributed by atoms with van der Waals surface area (Å²) in [5.74, 6) is 0. The molecular formula is C9H15N3O3S. The number of nitrogens with two attached hydrogens (primary N) is 1. The van der Waals surface area contributed by atoms with Crippen LogP contribution in [0, 0.1) is 0 Å². The van der Waals surface area contributed by atoms with Crippen molar-refractivity contribution in [1.82, 2.24) is 9.71 Å². The number of pyridine rings is 1. The molecule has 7 heteroatoms. The van der Waals surface area contributed by atoms with Gasteiger partial charge in [0.05, 0.1) is 5.69 Å². The zero-order chi connectivity index (χ0) is 12.0. The van der Waals surface area contributed by atoms with Gasteiger partial charge in [0, 0.05) is 32.7 Å². The second kappa shape index (κ2) is 5.78. The standard InChI is InChI=1S/C9H15N3O3S/c1-15-6-2-4-12-16(13,14)9-7-11-5-3-8(9)10/h3,5,7,12H,2,4,6H2,1H3,(H2,10,11). The van der Waals surface area contributed by atoms with Crippen molar-refractivity contribution in [3.05, 3.63) is 18.5 Å². The molecule has 1 heterocycles. The fourth-order valence-corrected chi connectivity index (χ4v) is 2.26. The molecule has 0 aliphatic heterocycles. The van der Waals surface area contributed by atoms with Crippen molar-refractivity contribution in [2.75, 3.05) is 26.0 Å². The van der Waals surface area contributed by atoms with Crippen LogP contribution in [-0.4, -0.2) is 33.7 Å². The van der Waals surface area contributed by atoms with Gasteiger partial charge in [0.25, 0.3) is 0 Å². The van der Waals surface area contributed by atoms with E-state index in [1.807, 2.05) is 0 Å². The topological polar surface area (TPSA) is 94.3 Å². The predicted molar refractivity (Wildman–Crippen MR) is 60.3 cm³/mol. The largest absolute Gasteiger partial charge is 0.398 e. The Morgan fingerprint density at radius 1 is 1.56 bits per heavy atom. The molecule has 3 N–H and O–H groups in total. The Bertz CT molecular complexity index is 433. The van der Waals surface area contributed by atoms with E-state index in [2.05, 4.69) is 9.71 Å². The van der Waals surface area contributed by atoms with Crippen LogP contribution in [0.3, 0.4) is 0 Å². The molecule has 0 aromatic carbocycles. The Morgan fingerprint density at radius 3 is 2.94 bits per heavy atom. The van der Waals surface area contributed by atoms with Gasteiger partial charge in [-0.1, -0.05) is 0 Å². The molecule has 0 spiro atoms. The van der Waals surface area contributed by atoms with Crippen LogP contribution in [0.15, 0.2) is 23.4 Å². The van der Waals surface area contributed by atoms with E-state index in [4.69, 9.17) is 10.5 Å². The lowest BCUT2D eigenvalue weighted by Gasteiger charge is -2.07. The monoisotopic (exact) mass is 245 g/mol. The van der Waals surface area contributed by atoms with Crippen molar-refractivity contribution in [3.8, 4) is 0 Å². The average molecular weight is 245 g/mol. The average Bonchev–Trinajstić information content (AvgIpc) is 2.25. The van der Waals surface area contributed by atoms with Crippen molar-refractivity contribution in [2.24, 2.45) is 0 Å². The number of anilines is 1. The quantitative estimate of drug-likeness (QED) is 0.687. The zero-order valence-corrected chi connectivity index (χ0v) is 9.83. The van der Waals surface area contributed by atoms with Crippen molar-refractivity contribution in [1.29, 1.82) is 0 Å². The summed E-state index contributed by atoms with van der Waals surface area (Å²) in [5, 5.41) is 0. The Hall–Kier alpha value is -1.18. The second-order valence-corrected chi connectivity index (χ2v) is 4.89. The molecule has 0 unspecified atom stereocenters. The first-order valence-electron chi connectivity index (χ1n) is 4.76. The summed E-state index contributed by atoms with van der Waals surface area (Å²) >= 11 is 0. The van der Waals surface area contributed by atoms with Crippen LogP contribution in [0.4, 0.5) is 5.69 Å². The van der Waals surface area contributed by atoms with E-state index >= 15 is 0 Å². The molecule has 1 rings (SSSR count). The smallest absolute Gasteiger partial charge is 0.244 e. The Morgan fingerprint density at radius 2 is 2.31 bits per heavy atom. The van der Waals surface area contributed by atoms with Crippen LogP contribution < -0.4 is 10.5 Å². The number of hydrogen-bond donors (Lipinski definition) is 2. The van der Waals surface area contributed by atoms with Crippen LogP contribution in [0.5, 0.6) is 0 Å². The molecule has 0 amide bonds. The van der Waals surface area contributed by atoms with Gasteiger partial charge < -0.3 is 10.5 Å². The van der Waals surface area contributed by atoms with Crippen molar-refractivity contribution < 1.29 is 13.2 Å². The Kier molecular flexibility index (Phi) is 4.66. The Labute approximate surface area is 94.9 Å². The van der Waals surface area contributed by atoms with E-state index in [1.165, 1.54) is 18.5 Å². The van der Waals surface area contributed by atoms with Crippen LogP contribution in [-0.2, 0) is 14.8 Å². The van der Waals surface area contributed by atoms with E-state index in [0.717, 1.165) is 0 Å². The lowest BCUT2D eigenvalue weighted by molar-refractivity contribution is 0.196. The lowest BCUT2D eigenvalue weighted by Crippen LogP contribution is -2.26. The van der Waals surface area contributed by atoms with Crippen molar-refractivity contribution in [2.45, 2.75) is 11.3 Å². The molecule has 6 nitrogen and oxygen atoms in total. The molecule has 0 fully saturated rings. The highest BCUT2D eigenvalue weighted by molar-refractivity contribution is 7.89. The van der Waals surface area contributed by atoms with E-state index in [9.17, 15) is 8.42 Å². The number of sulfonamides is 1. The van der Waals surface area contributed by atoms with Gasteiger partial charge in [-0.05, 0) is 12.5 Å². The highest BCUT2D eigenvalue weighted by Crippen LogP contribution is 2.14. The van der Waals surface area contributed by atoms with Gasteiger partial charge >= 0.3 is 0 Å². The molecule has 0 aliphatic carbocycles. The summed E-state index contributed by atoms with van der Waals surface area (Å²) in [6, 6.07) is 1.45. The second-order valence-electron chi connectivity index (χ2n) is 3.16. The number of nitrogen functional groups attached to an aromatic ring is 1. The summed E-state index contributed by atoms with van der Waals surface area (Å²) in [6.07, 6.45) is 3.28. The minimum atomic E-state index is -3.56. The van der Waals surface area contributed by atoms with Gasteiger partial charge in [-0.3, -0.25) is 4.98 Å². The maximum atomic E-state index is 11.7. The number of nitrogens with zero attached hydrogens (tertiary/aromatic N) is 1. The maximum Gasteiger partial charge on any atom is 0.244 e. The Balaban J connectivity index is 2.68. The normalized spacial score (nSPS) is 11.6. The third-order valence-electron chi connectivity index (χ3n) is 1.92. The van der Waals surface area contributed by atoms with Gasteiger partial charge in [0.2, 0.25) is 10.0 Å². The van der Waals surface area contributed by atoms with Crippen LogP contribution in [0.1, 0.15) is 6.42 Å². The first-order valence-corrected chi connectivity index (χ1v) is 6.24. The molecule has 0 radical (unpaired) electrons. The van der Waals surface area contributed by atoms with E-state index < -0.39 is 10.0 Å². The lowest BCUT2D eigenvalue weighted by atomic mass is 10.4. The van der Waals surface area contributed by atoms with Crippen LogP contribution in [0.25, 0.3) is 0 Å². The molecule has 90 valence electrons. The molecule has 1 aromatic heterocycles. The molecule has 0 bridgehead atoms. The van der Waals surface area contributed by atoms with Crippen LogP contribution in [0.2, 0.25) is 0 Å². The predicted octanol–water partition coefficient (Wildman–Crippen LogP) is -0.0214. The van der Waals surface area contributed by atoms with E-state index in [-0.39, 0.29) is 10.6 Å². The number of hydrogen-bond acceptors (Lipinski definition) is 5. The first kappa shape index (κ1) is 12.9. The van der Waals surface area contributed by atoms with Gasteiger partial charge in [0.1, 0.15) is 4.90 Å². The fourth-order valence-electron chi connectivity index (χ4n) is 1.12. The van der Waals surface area contributed by atoms with Crippen LogP contribution >= 0.6 is 0 Å². The molecule has 0 saturated heterocycles. The minimum Gasteiger partial charge on any atom is -0.398 e. The number of aromatic nitrogens is 1. The fraction of sp³-hybridized carbons (Fsp3) is 0.444. The van der Waals surface area contributed by atoms with Gasteiger partial charge in [0.15, 0.2) is 0 Å². The highest BCUT2D eigenvalue weighted by Gasteiger charge is 2.16. The molecular weight excluding hydrogens is 230 g/mol. The van der Waals surface area contributed by atoms with Crippen molar-refractivity contribution >= 4 is 15.7 Å². The summed E-state index contributed by atoms with van der Waals surface area (Å²) in [6.45, 7) is 0.815. The molecule has 0 saturated carbocycles. The molecule has 16 heavy (non-hydrogen) atoms. The van der Waals surface area contributed by atoms with Gasteiger partial charge in [-0.25, -0.2) is 13.1 Å². The SMILES string of the molecule is COCCCNS(=O)(=O)c1cnccc1N. The summed E-state index contributed by atoms with van der Waals surface area (Å²) in [7, 11) is -2.00. The summed E-state index contributed by atoms with van der Waals surface area (Å²) in [5.41, 5.74) is 5.74. The molecule has 0 atom stereocenters. The minimum absolute atomic E-state index is 0.00687. The maximum absolute atomic E-state index is 11.7. The van der Waals surface area contributed by atoms with E-state index in [1.54, 1.807) is 7.11 Å². The zero-order valence-electron chi connectivity index (χ0n) is 9.01. The van der Waals surface area contributed by atoms with E-state index in [0.29, 0.717) is 19.6 Å². The number of methoxy groups -OCH3 is 1. The number of ether oxygens (including phenoxy) is 1. The van der Waals surface area contributed by atoms with Crippen molar-refractivity contribution in [3.63, 3.8) is 0 Å². The third-order valence-corrected chi connectivity index (χ3v) is 3.43. The molecule has 0 aliphatic rings. The number of rotatable bonds is 6. The summed E-state index contributed by atoms with van der Waals surface area (Å²) < 4.78 is 30.7. The highest BCUT2D eigenvalue weighted by atomic mass is 32.2. The molecule has 1 aromatic rings. The van der Waals surface area contributed by atoms with Gasteiger partial charge in [-0.2, -0.15) is 0 Å². The number of nitrogens with one attached hydrogen (secondary N) is 1. The summed E-state index contributed by atoms with van der Waals surface area (Å²) in [4.78, 5) is 3.74. The third kappa shape index (κ3) is 3.44. The first-order chi connectivity index (χ1) is 7.58. The van der Waals surface area contributed by atoms with Gasteiger partial charge in [-0.15, -0.1) is 0 Å².